The van der Waals surface area contributed by atoms with Gasteiger partial charge in [-0.25, -0.2) is 0 Å². The molecule has 0 saturated heterocycles. The first-order valence-electron chi connectivity index (χ1n) is 6.58. The second kappa shape index (κ2) is 5.89. The molecule has 1 heterocycles. The Morgan fingerprint density at radius 2 is 2.11 bits per heavy atom. The molecule has 0 bridgehead atoms. The summed E-state index contributed by atoms with van der Waals surface area (Å²) in [6, 6.07) is 9.67. The van der Waals surface area contributed by atoms with Crippen molar-refractivity contribution in [2.75, 3.05) is 13.1 Å². The zero-order valence-corrected chi connectivity index (χ0v) is 11.3. The van der Waals surface area contributed by atoms with Crippen LogP contribution in [0.5, 0.6) is 0 Å². The minimum atomic E-state index is -0.294. The molecule has 1 aromatic heterocycles. The Bertz CT molecular complexity index is 529. The molecule has 4 nitrogen and oxygen atoms in total. The van der Waals surface area contributed by atoms with Crippen LogP contribution >= 0.6 is 0 Å². The summed E-state index contributed by atoms with van der Waals surface area (Å²) in [6.07, 6.45) is 0. The number of carbonyl (C=O) groups is 1. The Kier molecular flexibility index (Phi) is 4.22. The number of hydrogen-bond donors (Lipinski definition) is 2. The molecule has 0 aliphatic rings. The van der Waals surface area contributed by atoms with Crippen LogP contribution in [0.25, 0.3) is 11.0 Å². The first-order valence-corrected chi connectivity index (χ1v) is 6.58. The third-order valence-corrected chi connectivity index (χ3v) is 3.29. The van der Waals surface area contributed by atoms with Gasteiger partial charge in [-0.3, -0.25) is 4.79 Å². The molecule has 0 radical (unpaired) electrons. The normalized spacial score (nSPS) is 14.3. The SMILES string of the molecule is CC(CN)CNC(=O)C(C)c1cc2ccccc2o1. The van der Waals surface area contributed by atoms with E-state index in [0.717, 1.165) is 11.0 Å². The van der Waals surface area contributed by atoms with E-state index in [1.807, 2.05) is 44.2 Å². The topological polar surface area (TPSA) is 68.3 Å². The third-order valence-electron chi connectivity index (χ3n) is 3.29. The number of benzene rings is 1. The summed E-state index contributed by atoms with van der Waals surface area (Å²) in [6.45, 7) is 5.02. The summed E-state index contributed by atoms with van der Waals surface area (Å²) in [5, 5.41) is 3.92. The van der Waals surface area contributed by atoms with E-state index in [1.54, 1.807) is 0 Å². The molecule has 3 N–H and O–H groups in total. The maximum atomic E-state index is 12.0. The Morgan fingerprint density at radius 3 is 2.79 bits per heavy atom. The Morgan fingerprint density at radius 1 is 1.37 bits per heavy atom. The zero-order chi connectivity index (χ0) is 13.8. The lowest BCUT2D eigenvalue weighted by molar-refractivity contribution is -0.122. The van der Waals surface area contributed by atoms with E-state index < -0.39 is 0 Å². The summed E-state index contributed by atoms with van der Waals surface area (Å²) < 4.78 is 5.70. The molecule has 102 valence electrons. The van der Waals surface area contributed by atoms with Gasteiger partial charge in [-0.1, -0.05) is 25.1 Å². The van der Waals surface area contributed by atoms with Crippen LogP contribution in [-0.4, -0.2) is 19.0 Å². The minimum absolute atomic E-state index is 0.0284. The lowest BCUT2D eigenvalue weighted by Gasteiger charge is -2.13. The first kappa shape index (κ1) is 13.6. The summed E-state index contributed by atoms with van der Waals surface area (Å²) in [5.74, 6) is 0.655. The highest BCUT2D eigenvalue weighted by molar-refractivity contribution is 5.85. The average molecular weight is 260 g/mol. The van der Waals surface area contributed by atoms with E-state index in [2.05, 4.69) is 5.32 Å². The van der Waals surface area contributed by atoms with E-state index in [-0.39, 0.29) is 17.7 Å². The monoisotopic (exact) mass is 260 g/mol. The summed E-state index contributed by atoms with van der Waals surface area (Å²) >= 11 is 0. The van der Waals surface area contributed by atoms with Gasteiger partial charge in [-0.05, 0) is 31.5 Å². The van der Waals surface area contributed by atoms with Crippen LogP contribution in [0.3, 0.4) is 0 Å². The number of fused-ring (bicyclic) bond motifs is 1. The second-order valence-corrected chi connectivity index (χ2v) is 4.99. The van der Waals surface area contributed by atoms with E-state index in [9.17, 15) is 4.79 Å². The van der Waals surface area contributed by atoms with E-state index >= 15 is 0 Å². The molecule has 0 aliphatic carbocycles. The smallest absolute Gasteiger partial charge is 0.230 e. The number of carbonyl (C=O) groups excluding carboxylic acids is 1. The molecule has 0 spiro atoms. The summed E-state index contributed by atoms with van der Waals surface area (Å²) in [7, 11) is 0. The van der Waals surface area contributed by atoms with Crippen LogP contribution in [0.15, 0.2) is 34.7 Å². The Labute approximate surface area is 113 Å². The van der Waals surface area contributed by atoms with Crippen LogP contribution in [0.4, 0.5) is 0 Å². The van der Waals surface area contributed by atoms with Gasteiger partial charge in [0.05, 0.1) is 5.92 Å². The highest BCUT2D eigenvalue weighted by Crippen LogP contribution is 2.24. The van der Waals surface area contributed by atoms with Crippen molar-refractivity contribution in [3.63, 3.8) is 0 Å². The van der Waals surface area contributed by atoms with Gasteiger partial charge >= 0.3 is 0 Å². The molecule has 2 atom stereocenters. The van der Waals surface area contributed by atoms with Crippen LogP contribution < -0.4 is 11.1 Å². The van der Waals surface area contributed by atoms with Gasteiger partial charge in [-0.15, -0.1) is 0 Å². The molecule has 0 fully saturated rings. The van der Waals surface area contributed by atoms with Crippen molar-refractivity contribution >= 4 is 16.9 Å². The number of amides is 1. The molecular weight excluding hydrogens is 240 g/mol. The molecule has 2 rings (SSSR count). The molecule has 0 saturated carbocycles. The quantitative estimate of drug-likeness (QED) is 0.866. The number of rotatable bonds is 5. The Hall–Kier alpha value is -1.81. The fraction of sp³-hybridized carbons (Fsp3) is 0.400. The van der Waals surface area contributed by atoms with Gasteiger partial charge in [0.2, 0.25) is 5.91 Å². The fourth-order valence-corrected chi connectivity index (χ4v) is 1.86. The fourth-order valence-electron chi connectivity index (χ4n) is 1.86. The maximum Gasteiger partial charge on any atom is 0.230 e. The van der Waals surface area contributed by atoms with Crippen LogP contribution in [0.1, 0.15) is 25.5 Å². The molecule has 2 aromatic rings. The standard InChI is InChI=1S/C15H20N2O2/c1-10(8-16)9-17-15(18)11(2)14-7-12-5-3-4-6-13(12)19-14/h3-7,10-11H,8-9,16H2,1-2H3,(H,17,18). The van der Waals surface area contributed by atoms with Crippen molar-refractivity contribution in [3.05, 3.63) is 36.1 Å². The predicted octanol–water partition coefficient (Wildman–Crippen LogP) is 2.25. The predicted molar refractivity (Wildman–Crippen MR) is 75.9 cm³/mol. The number of para-hydroxylation sites is 1. The van der Waals surface area contributed by atoms with Gasteiger partial charge in [0.1, 0.15) is 11.3 Å². The summed E-state index contributed by atoms with van der Waals surface area (Å²) in [5.41, 5.74) is 6.34. The van der Waals surface area contributed by atoms with Crippen molar-refractivity contribution in [2.24, 2.45) is 11.7 Å². The number of nitrogens with one attached hydrogen (secondary N) is 1. The van der Waals surface area contributed by atoms with Crippen molar-refractivity contribution in [3.8, 4) is 0 Å². The minimum Gasteiger partial charge on any atom is -0.460 e. The van der Waals surface area contributed by atoms with Crippen molar-refractivity contribution in [1.82, 2.24) is 5.32 Å². The zero-order valence-electron chi connectivity index (χ0n) is 11.3. The molecule has 0 aliphatic heterocycles. The largest absolute Gasteiger partial charge is 0.460 e. The van der Waals surface area contributed by atoms with Gasteiger partial charge in [0.15, 0.2) is 0 Å². The first-order chi connectivity index (χ1) is 9.11. The number of hydrogen-bond acceptors (Lipinski definition) is 3. The third kappa shape index (κ3) is 3.15. The molecule has 4 heteroatoms. The summed E-state index contributed by atoms with van der Waals surface area (Å²) in [4.78, 5) is 12.0. The second-order valence-electron chi connectivity index (χ2n) is 4.99. The van der Waals surface area contributed by atoms with Crippen molar-refractivity contribution in [2.45, 2.75) is 19.8 Å². The van der Waals surface area contributed by atoms with E-state index in [0.29, 0.717) is 18.8 Å². The molecule has 1 amide bonds. The van der Waals surface area contributed by atoms with E-state index in [1.165, 1.54) is 0 Å². The van der Waals surface area contributed by atoms with Crippen LogP contribution in [0, 0.1) is 5.92 Å². The lowest BCUT2D eigenvalue weighted by atomic mass is 10.1. The van der Waals surface area contributed by atoms with E-state index in [4.69, 9.17) is 10.2 Å². The number of nitrogens with two attached hydrogens (primary N) is 1. The highest BCUT2D eigenvalue weighted by Gasteiger charge is 2.19. The molecule has 1 aromatic carbocycles. The maximum absolute atomic E-state index is 12.0. The Balaban J connectivity index is 2.06. The highest BCUT2D eigenvalue weighted by atomic mass is 16.3. The van der Waals surface area contributed by atoms with Gasteiger partial charge < -0.3 is 15.5 Å². The van der Waals surface area contributed by atoms with Crippen LogP contribution in [0.2, 0.25) is 0 Å². The van der Waals surface area contributed by atoms with Crippen molar-refractivity contribution in [1.29, 1.82) is 0 Å². The van der Waals surface area contributed by atoms with Gasteiger partial charge in [0, 0.05) is 11.9 Å². The average Bonchev–Trinajstić information content (AvgIpc) is 2.87. The molecule has 19 heavy (non-hydrogen) atoms. The van der Waals surface area contributed by atoms with Gasteiger partial charge in [0.25, 0.3) is 0 Å². The number of furan rings is 1. The molecule has 2 unspecified atom stereocenters. The molecular formula is C15H20N2O2. The van der Waals surface area contributed by atoms with Crippen LogP contribution in [-0.2, 0) is 4.79 Å². The lowest BCUT2D eigenvalue weighted by Crippen LogP contribution is -2.33. The van der Waals surface area contributed by atoms with Crippen molar-refractivity contribution < 1.29 is 9.21 Å². The van der Waals surface area contributed by atoms with Gasteiger partial charge in [-0.2, -0.15) is 0 Å².